The number of aromatic nitrogens is 1. The summed E-state index contributed by atoms with van der Waals surface area (Å²) in [4.78, 5) is 32.9. The Bertz CT molecular complexity index is 1020. The van der Waals surface area contributed by atoms with E-state index in [0.29, 0.717) is 35.5 Å². The Balaban J connectivity index is 1.49. The predicted molar refractivity (Wildman–Crippen MR) is 129 cm³/mol. The first-order valence-electron chi connectivity index (χ1n) is 11.1. The lowest BCUT2D eigenvalue weighted by molar-refractivity contribution is -0.142. The van der Waals surface area contributed by atoms with Gasteiger partial charge in [0.1, 0.15) is 6.04 Å². The van der Waals surface area contributed by atoms with Crippen LogP contribution < -0.4 is 5.32 Å². The van der Waals surface area contributed by atoms with Crippen molar-refractivity contribution in [1.29, 1.82) is 0 Å². The van der Waals surface area contributed by atoms with Crippen LogP contribution in [0.15, 0.2) is 46.8 Å². The molecule has 1 unspecified atom stereocenters. The Labute approximate surface area is 194 Å². The Morgan fingerprint density at radius 2 is 1.97 bits per heavy atom. The summed E-state index contributed by atoms with van der Waals surface area (Å²) < 4.78 is 15.0. The molecular weight excluding hydrogens is 444 g/mol. The van der Waals surface area contributed by atoms with Crippen LogP contribution in [-0.4, -0.2) is 61.8 Å². The van der Waals surface area contributed by atoms with Crippen molar-refractivity contribution < 1.29 is 13.8 Å². The van der Waals surface area contributed by atoms with Crippen molar-refractivity contribution in [3.8, 4) is 0 Å². The van der Waals surface area contributed by atoms with Crippen molar-refractivity contribution in [2.75, 3.05) is 25.0 Å². The number of nitrogens with one attached hydrogen (secondary N) is 1. The van der Waals surface area contributed by atoms with Gasteiger partial charge in [0, 0.05) is 29.6 Å². The highest BCUT2D eigenvalue weighted by atomic mass is 32.2. The van der Waals surface area contributed by atoms with Crippen LogP contribution >= 0.6 is 11.3 Å². The van der Waals surface area contributed by atoms with E-state index in [0.717, 1.165) is 12.8 Å². The summed E-state index contributed by atoms with van der Waals surface area (Å²) in [5, 5.41) is 5.24. The van der Waals surface area contributed by atoms with Crippen molar-refractivity contribution in [2.45, 2.75) is 49.5 Å². The molecule has 7 nitrogen and oxygen atoms in total. The largest absolute Gasteiger partial charge is 0.328 e. The van der Waals surface area contributed by atoms with Gasteiger partial charge in [-0.1, -0.05) is 50.3 Å². The summed E-state index contributed by atoms with van der Waals surface area (Å²) in [5.41, 5.74) is 0. The number of hydrogen-bond acceptors (Lipinski definition) is 5. The van der Waals surface area contributed by atoms with Crippen molar-refractivity contribution in [2.24, 2.45) is 5.92 Å². The molecule has 32 heavy (non-hydrogen) atoms. The second-order valence-electron chi connectivity index (χ2n) is 8.49. The lowest BCUT2D eigenvalue weighted by Gasteiger charge is -2.40. The lowest BCUT2D eigenvalue weighted by atomic mass is 9.84. The first-order chi connectivity index (χ1) is 15.4. The number of amides is 2. The Hall–Kier alpha value is -2.23. The van der Waals surface area contributed by atoms with Crippen LogP contribution in [0.5, 0.6) is 0 Å². The van der Waals surface area contributed by atoms with E-state index in [1.165, 1.54) is 30.6 Å². The number of hydrogen-bond donors (Lipinski definition) is 1. The third kappa shape index (κ3) is 5.22. The summed E-state index contributed by atoms with van der Waals surface area (Å²) in [6.07, 6.45) is 8.07. The van der Waals surface area contributed by atoms with Crippen LogP contribution in [0.3, 0.4) is 0 Å². The number of rotatable bonds is 7. The zero-order valence-corrected chi connectivity index (χ0v) is 19.8. The van der Waals surface area contributed by atoms with E-state index in [1.54, 1.807) is 27.5 Å². The van der Waals surface area contributed by atoms with E-state index < -0.39 is 15.7 Å². The molecule has 2 atom stereocenters. The van der Waals surface area contributed by atoms with Crippen LogP contribution in [0, 0.1) is 5.92 Å². The summed E-state index contributed by atoms with van der Waals surface area (Å²) >= 11 is 1.36. The number of thiazole rings is 1. The fourth-order valence-corrected chi connectivity index (χ4v) is 6.72. The molecule has 1 aromatic heterocycles. The molecule has 1 N–H and O–H groups in total. The molecule has 1 saturated carbocycles. The maximum atomic E-state index is 13.4. The average Bonchev–Trinajstić information content (AvgIpc) is 3.32. The van der Waals surface area contributed by atoms with Crippen LogP contribution in [0.4, 0.5) is 5.13 Å². The highest BCUT2D eigenvalue weighted by molar-refractivity contribution is 7.98. The van der Waals surface area contributed by atoms with Crippen LogP contribution in [0.25, 0.3) is 0 Å². The molecule has 2 aromatic rings. The van der Waals surface area contributed by atoms with E-state index in [4.69, 9.17) is 0 Å². The highest BCUT2D eigenvalue weighted by Crippen LogP contribution is 2.30. The van der Waals surface area contributed by atoms with Gasteiger partial charge < -0.3 is 10.2 Å². The van der Waals surface area contributed by atoms with Gasteiger partial charge in [0.2, 0.25) is 11.8 Å². The third-order valence-electron chi connectivity index (χ3n) is 6.37. The molecule has 2 amide bonds. The standard InChI is InChI=1S/C23H30N4O3S2/c1-32(30,19-10-6-3-7-11-19)26-13-14-27(21(28)17-26)20(16-18-8-4-2-5-9-18)22(29)25-23-24-12-15-31-23/h3,6-7,10-12,15,18,20H,1-2,4-5,8-9,13-14,16-17H2,(H,24,25,29)/t20-,32?/m0/s1. The summed E-state index contributed by atoms with van der Waals surface area (Å²) in [6, 6.07) is 8.51. The van der Waals surface area contributed by atoms with Gasteiger partial charge in [-0.25, -0.2) is 13.5 Å². The smallest absolute Gasteiger partial charge is 0.248 e. The van der Waals surface area contributed by atoms with Crippen molar-refractivity contribution in [3.05, 3.63) is 41.9 Å². The fourth-order valence-electron chi connectivity index (χ4n) is 4.62. The van der Waals surface area contributed by atoms with E-state index >= 15 is 0 Å². The predicted octanol–water partition coefficient (Wildman–Crippen LogP) is 3.26. The maximum absolute atomic E-state index is 13.4. The molecule has 2 aliphatic rings. The zero-order valence-electron chi connectivity index (χ0n) is 18.2. The van der Waals surface area contributed by atoms with Gasteiger partial charge in [-0.2, -0.15) is 0 Å². The van der Waals surface area contributed by atoms with Crippen molar-refractivity contribution in [1.82, 2.24) is 14.2 Å². The molecule has 4 rings (SSSR count). The van der Waals surface area contributed by atoms with E-state index in [9.17, 15) is 13.8 Å². The Morgan fingerprint density at radius 1 is 1.22 bits per heavy atom. The van der Waals surface area contributed by atoms with Crippen LogP contribution in [0.2, 0.25) is 0 Å². The van der Waals surface area contributed by atoms with Gasteiger partial charge >= 0.3 is 0 Å². The topological polar surface area (TPSA) is 82.6 Å². The number of nitrogens with zero attached hydrogens (tertiary/aromatic N) is 3. The minimum atomic E-state index is -2.76. The first-order valence-corrected chi connectivity index (χ1v) is 13.7. The Morgan fingerprint density at radius 3 is 2.62 bits per heavy atom. The van der Waals surface area contributed by atoms with Gasteiger partial charge in [0.15, 0.2) is 5.13 Å². The molecular formula is C23H30N4O3S2. The second kappa shape index (κ2) is 10.1. The number of carbonyl (C=O) groups excluding carboxylic acids is 2. The van der Waals surface area contributed by atoms with Gasteiger partial charge in [-0.05, 0) is 30.3 Å². The van der Waals surface area contributed by atoms with Crippen LogP contribution in [-0.2, 0) is 19.3 Å². The molecule has 9 heteroatoms. The van der Waals surface area contributed by atoms with Crippen molar-refractivity contribution >= 4 is 43.9 Å². The molecule has 1 saturated heterocycles. The number of anilines is 1. The number of piperazine rings is 1. The summed E-state index contributed by atoms with van der Waals surface area (Å²) in [5.74, 6) is 4.01. The molecule has 1 aromatic carbocycles. The molecule has 2 heterocycles. The Kier molecular flexibility index (Phi) is 7.27. The third-order valence-corrected chi connectivity index (χ3v) is 9.22. The normalized spacial score (nSPS) is 21.1. The second-order valence-corrected chi connectivity index (χ2v) is 11.6. The SMILES string of the molecule is C=S(=O)(c1ccccc1)N1CCN([C@@H](CC2CCCCC2)C(=O)Nc2nccs2)C(=O)C1. The minimum Gasteiger partial charge on any atom is -0.328 e. The summed E-state index contributed by atoms with van der Waals surface area (Å²) in [7, 11) is -2.76. The fraction of sp³-hybridized carbons (Fsp3) is 0.478. The van der Waals surface area contributed by atoms with E-state index in [1.807, 2.05) is 23.6 Å². The van der Waals surface area contributed by atoms with Gasteiger partial charge in [0.25, 0.3) is 0 Å². The molecule has 0 spiro atoms. The molecule has 2 fully saturated rings. The van der Waals surface area contributed by atoms with Gasteiger partial charge in [0.05, 0.1) is 16.3 Å². The molecule has 172 valence electrons. The quantitative estimate of drug-likeness (QED) is 0.625. The summed E-state index contributed by atoms with van der Waals surface area (Å²) in [6.45, 7) is 0.748. The van der Waals surface area contributed by atoms with Crippen LogP contribution in [0.1, 0.15) is 38.5 Å². The van der Waals surface area contributed by atoms with Gasteiger partial charge in [-0.15, -0.1) is 11.3 Å². The molecule has 0 radical (unpaired) electrons. The first kappa shape index (κ1) is 22.9. The number of benzene rings is 1. The van der Waals surface area contributed by atoms with Crippen molar-refractivity contribution in [3.63, 3.8) is 0 Å². The van der Waals surface area contributed by atoms with E-state index in [-0.39, 0.29) is 18.4 Å². The van der Waals surface area contributed by atoms with Gasteiger partial charge in [-0.3, -0.25) is 9.59 Å². The minimum absolute atomic E-state index is 0.0110. The molecule has 1 aliphatic carbocycles. The van der Waals surface area contributed by atoms with E-state index in [2.05, 4.69) is 16.2 Å². The monoisotopic (exact) mass is 474 g/mol. The zero-order chi connectivity index (χ0) is 22.6. The maximum Gasteiger partial charge on any atom is 0.248 e. The average molecular weight is 475 g/mol. The lowest BCUT2D eigenvalue weighted by Crippen LogP contribution is -2.58. The molecule has 0 bridgehead atoms. The highest BCUT2D eigenvalue weighted by Gasteiger charge is 2.37. The number of carbonyl (C=O) groups is 2. The molecule has 1 aliphatic heterocycles.